The van der Waals surface area contributed by atoms with Gasteiger partial charge in [0.25, 0.3) is 5.91 Å². The highest BCUT2D eigenvalue weighted by Crippen LogP contribution is 2.35. The van der Waals surface area contributed by atoms with Crippen molar-refractivity contribution >= 4 is 24.0 Å². The van der Waals surface area contributed by atoms with Gasteiger partial charge in [0.1, 0.15) is 5.82 Å². The maximum Gasteiger partial charge on any atom is 0.308 e. The summed E-state index contributed by atoms with van der Waals surface area (Å²) in [4.78, 5) is 43.7. The van der Waals surface area contributed by atoms with E-state index in [1.807, 2.05) is 72.8 Å². The van der Waals surface area contributed by atoms with Crippen LogP contribution in [0.5, 0.6) is 0 Å². The van der Waals surface area contributed by atoms with Crippen molar-refractivity contribution in [3.05, 3.63) is 113 Å². The zero-order valence-corrected chi connectivity index (χ0v) is 29.0. The normalized spacial score (nSPS) is 17.8. The van der Waals surface area contributed by atoms with Gasteiger partial charge in [0.05, 0.1) is 29.1 Å². The lowest BCUT2D eigenvalue weighted by atomic mass is 9.80. The average Bonchev–Trinajstić information content (AvgIpc) is 3.78. The SMILES string of the molecule is CC(C)(C)C(CN(C=O)c1ccc(CN2CCC(c3c(C(=O)N4CC[C@H](c5ccccc5)C4)cnn3-c3ccc(F)cc3)CC2)cc1)C(=O)O. The van der Waals surface area contributed by atoms with Crippen molar-refractivity contribution in [2.75, 3.05) is 37.6 Å². The Morgan fingerprint density at radius 2 is 1.60 bits per heavy atom. The average molecular weight is 680 g/mol. The zero-order valence-electron chi connectivity index (χ0n) is 29.0. The van der Waals surface area contributed by atoms with Crippen LogP contribution < -0.4 is 4.90 Å². The first-order valence-electron chi connectivity index (χ1n) is 17.5. The van der Waals surface area contributed by atoms with Crippen LogP contribution in [0.1, 0.15) is 79.0 Å². The van der Waals surface area contributed by atoms with Crippen molar-refractivity contribution in [3.8, 4) is 5.69 Å². The minimum absolute atomic E-state index is 0.00384. The number of carbonyl (C=O) groups excluding carboxylic acids is 2. The second-order valence-electron chi connectivity index (χ2n) is 14.7. The van der Waals surface area contributed by atoms with Gasteiger partial charge in [-0.15, -0.1) is 0 Å². The van der Waals surface area contributed by atoms with Gasteiger partial charge in [0.15, 0.2) is 0 Å². The molecule has 1 aromatic heterocycles. The highest BCUT2D eigenvalue weighted by molar-refractivity contribution is 5.95. The molecule has 1 N–H and O–H groups in total. The molecule has 2 fully saturated rings. The van der Waals surface area contributed by atoms with E-state index in [4.69, 9.17) is 0 Å². The number of carbonyl (C=O) groups is 3. The van der Waals surface area contributed by atoms with E-state index in [0.29, 0.717) is 36.7 Å². The van der Waals surface area contributed by atoms with Gasteiger partial charge >= 0.3 is 5.97 Å². The van der Waals surface area contributed by atoms with Crippen LogP contribution in [0.2, 0.25) is 0 Å². The molecule has 3 aromatic carbocycles. The molecule has 50 heavy (non-hydrogen) atoms. The van der Waals surface area contributed by atoms with Gasteiger partial charge in [-0.05, 0) is 85.3 Å². The summed E-state index contributed by atoms with van der Waals surface area (Å²) >= 11 is 0. The van der Waals surface area contributed by atoms with Gasteiger partial charge < -0.3 is 14.9 Å². The van der Waals surface area contributed by atoms with E-state index >= 15 is 0 Å². The molecule has 0 spiro atoms. The molecule has 4 aromatic rings. The van der Waals surface area contributed by atoms with Crippen molar-refractivity contribution in [1.82, 2.24) is 19.6 Å². The molecule has 6 rings (SSSR count). The quantitative estimate of drug-likeness (QED) is 0.177. The minimum Gasteiger partial charge on any atom is -0.481 e. The van der Waals surface area contributed by atoms with E-state index in [9.17, 15) is 23.9 Å². The van der Waals surface area contributed by atoms with Gasteiger partial charge in [-0.25, -0.2) is 9.07 Å². The molecule has 2 atom stereocenters. The molecule has 2 aliphatic heterocycles. The lowest BCUT2D eigenvalue weighted by Gasteiger charge is -2.33. The number of aromatic nitrogens is 2. The Hall–Kier alpha value is -4.83. The van der Waals surface area contributed by atoms with E-state index in [2.05, 4.69) is 22.1 Å². The molecule has 0 saturated carbocycles. The van der Waals surface area contributed by atoms with Gasteiger partial charge in [-0.2, -0.15) is 5.10 Å². The zero-order chi connectivity index (χ0) is 35.4. The van der Waals surface area contributed by atoms with Crippen LogP contribution in [0.25, 0.3) is 5.69 Å². The van der Waals surface area contributed by atoms with E-state index in [1.165, 1.54) is 22.6 Å². The van der Waals surface area contributed by atoms with E-state index < -0.39 is 17.3 Å². The lowest BCUT2D eigenvalue weighted by Crippen LogP contribution is -2.39. The molecule has 10 heteroatoms. The van der Waals surface area contributed by atoms with Crippen LogP contribution in [0, 0.1) is 17.2 Å². The number of rotatable bonds is 11. The van der Waals surface area contributed by atoms with Crippen LogP contribution in [0.4, 0.5) is 10.1 Å². The van der Waals surface area contributed by atoms with Crippen molar-refractivity contribution in [2.24, 2.45) is 11.3 Å². The summed E-state index contributed by atoms with van der Waals surface area (Å²) in [6.07, 6.45) is 4.97. The number of hydrogen-bond acceptors (Lipinski definition) is 5. The first-order chi connectivity index (χ1) is 24.0. The Balaban J connectivity index is 1.14. The highest BCUT2D eigenvalue weighted by Gasteiger charge is 2.35. The predicted molar refractivity (Wildman–Crippen MR) is 191 cm³/mol. The van der Waals surface area contributed by atoms with E-state index in [0.717, 1.165) is 55.8 Å². The Kier molecular flexibility index (Phi) is 10.5. The van der Waals surface area contributed by atoms with Gasteiger partial charge in [0, 0.05) is 43.7 Å². The standard InChI is InChI=1S/C40H46FN5O4/c1-40(2,3)36(39(49)50)26-45(27-47)33-13-9-28(10-14-33)24-43-20-17-30(18-21-43)37-35(23-42-46(37)34-15-11-32(41)12-16-34)38(48)44-22-19-31(25-44)29-7-5-4-6-8-29/h4-16,23,27,30-31,36H,17-22,24-26H2,1-3H3,(H,49,50)/t31-,36?/m0/s1. The van der Waals surface area contributed by atoms with Gasteiger partial charge in [-0.3, -0.25) is 19.3 Å². The maximum absolute atomic E-state index is 14.1. The van der Waals surface area contributed by atoms with Crippen LogP contribution in [-0.4, -0.2) is 75.7 Å². The number of likely N-dealkylation sites (tertiary alicyclic amines) is 2. The molecule has 262 valence electrons. The number of piperidine rings is 1. The number of amides is 2. The largest absolute Gasteiger partial charge is 0.481 e. The first-order valence-corrected chi connectivity index (χ1v) is 17.5. The molecular weight excluding hydrogens is 633 g/mol. The molecule has 0 aliphatic carbocycles. The number of anilines is 1. The number of halogens is 1. The molecule has 9 nitrogen and oxygen atoms in total. The molecule has 3 heterocycles. The summed E-state index contributed by atoms with van der Waals surface area (Å²) in [5.41, 5.74) is 4.75. The maximum atomic E-state index is 14.1. The summed E-state index contributed by atoms with van der Waals surface area (Å²) < 4.78 is 15.7. The third-order valence-electron chi connectivity index (χ3n) is 10.4. The number of hydrogen-bond donors (Lipinski definition) is 1. The number of aliphatic carboxylic acids is 1. The summed E-state index contributed by atoms with van der Waals surface area (Å²) in [6.45, 7) is 9.43. The molecule has 2 aliphatic rings. The van der Waals surface area contributed by atoms with Crippen LogP contribution in [0.3, 0.4) is 0 Å². The van der Waals surface area contributed by atoms with Crippen LogP contribution in [0.15, 0.2) is 85.1 Å². The number of benzene rings is 3. The smallest absolute Gasteiger partial charge is 0.308 e. The second-order valence-corrected chi connectivity index (χ2v) is 14.7. The molecular formula is C40H46FN5O4. The number of nitrogens with zero attached hydrogens (tertiary/aromatic N) is 5. The Labute approximate surface area is 293 Å². The fourth-order valence-electron chi connectivity index (χ4n) is 7.36. The van der Waals surface area contributed by atoms with Crippen LogP contribution >= 0.6 is 0 Å². The number of carboxylic acids is 1. The van der Waals surface area contributed by atoms with Gasteiger partial charge in [0.2, 0.25) is 6.41 Å². The van der Waals surface area contributed by atoms with Gasteiger partial charge in [-0.1, -0.05) is 63.2 Å². The first kappa shape index (κ1) is 35.0. The Morgan fingerprint density at radius 1 is 0.940 bits per heavy atom. The molecule has 1 unspecified atom stereocenters. The third-order valence-corrected chi connectivity index (χ3v) is 10.4. The summed E-state index contributed by atoms with van der Waals surface area (Å²) in [5.74, 6) is -1.55. The second kappa shape index (κ2) is 15.0. The molecule has 2 amide bonds. The number of carboxylic acid groups (broad SMARTS) is 1. The fourth-order valence-corrected chi connectivity index (χ4v) is 7.36. The minimum atomic E-state index is -0.922. The monoisotopic (exact) mass is 679 g/mol. The third kappa shape index (κ3) is 7.81. The van der Waals surface area contributed by atoms with Crippen molar-refractivity contribution < 1.29 is 23.9 Å². The molecule has 2 saturated heterocycles. The lowest BCUT2D eigenvalue weighted by molar-refractivity contribution is -0.145. The summed E-state index contributed by atoms with van der Waals surface area (Å²) in [5, 5.41) is 14.4. The summed E-state index contributed by atoms with van der Waals surface area (Å²) in [7, 11) is 0. The van der Waals surface area contributed by atoms with E-state index in [-0.39, 0.29) is 24.2 Å². The topological polar surface area (TPSA) is 99.0 Å². The van der Waals surface area contributed by atoms with Crippen molar-refractivity contribution in [3.63, 3.8) is 0 Å². The molecule has 0 bridgehead atoms. The fraction of sp³-hybridized carbons (Fsp3) is 0.400. The summed E-state index contributed by atoms with van der Waals surface area (Å²) in [6, 6.07) is 24.3. The molecule has 0 radical (unpaired) electrons. The van der Waals surface area contributed by atoms with Crippen molar-refractivity contribution in [2.45, 2.75) is 58.4 Å². The Bertz CT molecular complexity index is 1780. The van der Waals surface area contributed by atoms with Crippen LogP contribution in [-0.2, 0) is 16.1 Å². The Morgan fingerprint density at radius 3 is 2.22 bits per heavy atom. The highest BCUT2D eigenvalue weighted by atomic mass is 19.1. The predicted octanol–water partition coefficient (Wildman–Crippen LogP) is 6.73. The van der Waals surface area contributed by atoms with Crippen molar-refractivity contribution in [1.29, 1.82) is 0 Å². The van der Waals surface area contributed by atoms with E-state index in [1.54, 1.807) is 18.3 Å².